The molecular weight excluding hydrogens is 273 g/mol. The number of benzene rings is 1. The molecule has 15 heavy (non-hydrogen) atoms. The van der Waals surface area contributed by atoms with Crippen molar-refractivity contribution in [3.8, 4) is 0 Å². The lowest BCUT2D eigenvalue weighted by Crippen LogP contribution is -2.11. The second-order valence-corrected chi connectivity index (χ2v) is 3.96. The van der Waals surface area contributed by atoms with Gasteiger partial charge in [-0.05, 0) is 17.7 Å². The Bertz CT molecular complexity index is 312. The van der Waals surface area contributed by atoms with Gasteiger partial charge in [0.05, 0.1) is 19.6 Å². The van der Waals surface area contributed by atoms with Crippen molar-refractivity contribution < 1.29 is 17.9 Å². The number of halogens is 4. The molecule has 1 nitrogen and oxygen atoms in total. The van der Waals surface area contributed by atoms with Crippen molar-refractivity contribution >= 4 is 15.9 Å². The van der Waals surface area contributed by atoms with Crippen LogP contribution in [0.5, 0.6) is 0 Å². The van der Waals surface area contributed by atoms with E-state index in [4.69, 9.17) is 4.74 Å². The van der Waals surface area contributed by atoms with Gasteiger partial charge in [0.25, 0.3) is 0 Å². The molecule has 1 rings (SSSR count). The van der Waals surface area contributed by atoms with Gasteiger partial charge in [-0.1, -0.05) is 28.1 Å². The Balaban J connectivity index is 2.26. The molecule has 0 amide bonds. The van der Waals surface area contributed by atoms with Crippen LogP contribution in [0.1, 0.15) is 12.0 Å². The lowest BCUT2D eigenvalue weighted by Gasteiger charge is -2.07. The third-order valence-corrected chi connectivity index (χ3v) is 2.18. The summed E-state index contributed by atoms with van der Waals surface area (Å²) < 4.78 is 41.1. The fourth-order valence-electron chi connectivity index (χ4n) is 1.00. The summed E-state index contributed by atoms with van der Waals surface area (Å²) in [6.45, 7) is -0.0917. The Morgan fingerprint density at radius 1 is 1.27 bits per heavy atom. The molecule has 0 aliphatic heterocycles. The van der Waals surface area contributed by atoms with Crippen LogP contribution in [-0.2, 0) is 11.3 Å². The van der Waals surface area contributed by atoms with Crippen LogP contribution in [0.15, 0.2) is 28.7 Å². The summed E-state index contributed by atoms with van der Waals surface area (Å²) in [7, 11) is 0. The van der Waals surface area contributed by atoms with Gasteiger partial charge in [0.1, 0.15) is 0 Å². The molecule has 0 aromatic heterocycles. The zero-order valence-corrected chi connectivity index (χ0v) is 9.44. The first-order valence-electron chi connectivity index (χ1n) is 4.36. The molecule has 5 heteroatoms. The Kier molecular flexibility index (Phi) is 4.60. The number of ether oxygens (including phenoxy) is 1. The average molecular weight is 283 g/mol. The van der Waals surface area contributed by atoms with Crippen molar-refractivity contribution in [2.24, 2.45) is 0 Å². The summed E-state index contributed by atoms with van der Waals surface area (Å²) in [5.74, 6) is 0. The first-order chi connectivity index (χ1) is 6.97. The molecule has 0 fully saturated rings. The SMILES string of the molecule is FC(F)(F)CCOCc1cccc(Br)c1. The standard InChI is InChI=1S/C10H10BrF3O/c11-9-3-1-2-8(6-9)7-15-5-4-10(12,13)14/h1-3,6H,4-5,7H2. The lowest BCUT2D eigenvalue weighted by molar-refractivity contribution is -0.146. The maximum Gasteiger partial charge on any atom is 0.391 e. The number of alkyl halides is 3. The second-order valence-electron chi connectivity index (χ2n) is 3.05. The average Bonchev–Trinajstić information content (AvgIpc) is 2.11. The maximum absolute atomic E-state index is 11.8. The number of rotatable bonds is 4. The Hall–Kier alpha value is -0.550. The Morgan fingerprint density at radius 2 is 2.00 bits per heavy atom. The third kappa shape index (κ3) is 5.79. The summed E-state index contributed by atoms with van der Waals surface area (Å²) in [4.78, 5) is 0. The van der Waals surface area contributed by atoms with Crippen molar-refractivity contribution in [3.63, 3.8) is 0 Å². The van der Waals surface area contributed by atoms with Gasteiger partial charge in [-0.3, -0.25) is 0 Å². The summed E-state index contributed by atoms with van der Waals surface area (Å²) in [6.07, 6.45) is -5.04. The van der Waals surface area contributed by atoms with E-state index < -0.39 is 12.6 Å². The highest BCUT2D eigenvalue weighted by Gasteiger charge is 2.26. The van der Waals surface area contributed by atoms with Crippen molar-refractivity contribution in [2.45, 2.75) is 19.2 Å². The van der Waals surface area contributed by atoms with Gasteiger partial charge in [0.2, 0.25) is 0 Å². The Labute approximate surface area is 94.4 Å². The molecule has 0 aliphatic rings. The minimum Gasteiger partial charge on any atom is -0.376 e. The summed E-state index contributed by atoms with van der Waals surface area (Å²) in [5.41, 5.74) is 0.853. The predicted molar refractivity (Wildman–Crippen MR) is 54.5 cm³/mol. The summed E-state index contributed by atoms with van der Waals surface area (Å²) in [6, 6.07) is 7.28. The van der Waals surface area contributed by atoms with Crippen LogP contribution in [0.2, 0.25) is 0 Å². The number of hydrogen-bond acceptors (Lipinski definition) is 1. The fourth-order valence-corrected chi connectivity index (χ4v) is 1.45. The van der Waals surface area contributed by atoms with Gasteiger partial charge in [-0.15, -0.1) is 0 Å². The van der Waals surface area contributed by atoms with E-state index >= 15 is 0 Å². The van der Waals surface area contributed by atoms with Crippen LogP contribution < -0.4 is 0 Å². The largest absolute Gasteiger partial charge is 0.391 e. The monoisotopic (exact) mass is 282 g/mol. The zero-order valence-electron chi connectivity index (χ0n) is 7.85. The summed E-state index contributed by atoms with van der Waals surface area (Å²) >= 11 is 3.27. The van der Waals surface area contributed by atoms with Crippen LogP contribution in [0, 0.1) is 0 Å². The molecule has 0 heterocycles. The van der Waals surface area contributed by atoms with E-state index in [1.165, 1.54) is 0 Å². The van der Waals surface area contributed by atoms with Gasteiger partial charge < -0.3 is 4.74 Å². The van der Waals surface area contributed by atoms with Crippen LogP contribution >= 0.6 is 15.9 Å². The van der Waals surface area contributed by atoms with E-state index in [0.717, 1.165) is 10.0 Å². The highest BCUT2D eigenvalue weighted by Crippen LogP contribution is 2.19. The molecule has 0 bridgehead atoms. The first kappa shape index (κ1) is 12.5. The van der Waals surface area contributed by atoms with Crippen LogP contribution in [0.25, 0.3) is 0 Å². The number of hydrogen-bond donors (Lipinski definition) is 0. The molecule has 0 spiro atoms. The minimum absolute atomic E-state index is 0.204. The van der Waals surface area contributed by atoms with Gasteiger partial charge in [0, 0.05) is 4.47 Å². The fraction of sp³-hybridized carbons (Fsp3) is 0.400. The summed E-state index contributed by atoms with van der Waals surface area (Å²) in [5, 5.41) is 0. The molecule has 0 N–H and O–H groups in total. The van der Waals surface area contributed by atoms with E-state index in [1.54, 1.807) is 6.07 Å². The second kappa shape index (κ2) is 5.51. The third-order valence-electron chi connectivity index (χ3n) is 1.69. The molecule has 0 saturated carbocycles. The topological polar surface area (TPSA) is 9.23 Å². The Morgan fingerprint density at radius 3 is 2.60 bits per heavy atom. The maximum atomic E-state index is 11.8. The quantitative estimate of drug-likeness (QED) is 0.761. The van der Waals surface area contributed by atoms with E-state index in [9.17, 15) is 13.2 Å². The van der Waals surface area contributed by atoms with Crippen molar-refractivity contribution in [1.29, 1.82) is 0 Å². The molecule has 1 aromatic rings. The van der Waals surface area contributed by atoms with E-state index in [-0.39, 0.29) is 13.2 Å². The van der Waals surface area contributed by atoms with Crippen LogP contribution in [-0.4, -0.2) is 12.8 Å². The van der Waals surface area contributed by atoms with E-state index in [2.05, 4.69) is 15.9 Å². The molecule has 0 aliphatic carbocycles. The van der Waals surface area contributed by atoms with Gasteiger partial charge in [0.15, 0.2) is 0 Å². The van der Waals surface area contributed by atoms with E-state index in [0.29, 0.717) is 0 Å². The molecule has 0 atom stereocenters. The van der Waals surface area contributed by atoms with Crippen molar-refractivity contribution in [1.82, 2.24) is 0 Å². The lowest BCUT2D eigenvalue weighted by atomic mass is 10.2. The van der Waals surface area contributed by atoms with Gasteiger partial charge in [-0.25, -0.2) is 0 Å². The highest BCUT2D eigenvalue weighted by molar-refractivity contribution is 9.10. The molecule has 1 aromatic carbocycles. The zero-order chi connectivity index (χ0) is 11.3. The van der Waals surface area contributed by atoms with Crippen LogP contribution in [0.3, 0.4) is 0 Å². The van der Waals surface area contributed by atoms with Gasteiger partial charge in [-0.2, -0.15) is 13.2 Å². The predicted octanol–water partition coefficient (Wildman–Crippen LogP) is 3.92. The van der Waals surface area contributed by atoms with Crippen molar-refractivity contribution in [2.75, 3.05) is 6.61 Å². The van der Waals surface area contributed by atoms with Crippen LogP contribution in [0.4, 0.5) is 13.2 Å². The highest BCUT2D eigenvalue weighted by atomic mass is 79.9. The van der Waals surface area contributed by atoms with Crippen molar-refractivity contribution in [3.05, 3.63) is 34.3 Å². The smallest absolute Gasteiger partial charge is 0.376 e. The van der Waals surface area contributed by atoms with Gasteiger partial charge >= 0.3 is 6.18 Å². The minimum atomic E-state index is -4.14. The molecular formula is C10H10BrF3O. The molecule has 0 saturated heterocycles. The van der Waals surface area contributed by atoms with E-state index in [1.807, 2.05) is 18.2 Å². The first-order valence-corrected chi connectivity index (χ1v) is 5.15. The molecule has 84 valence electrons. The molecule has 0 unspecified atom stereocenters. The normalized spacial score (nSPS) is 11.7. The molecule has 0 radical (unpaired) electrons.